The average molecular weight is 285 g/mol. The van der Waals surface area contributed by atoms with Gasteiger partial charge in [0.05, 0.1) is 13.5 Å². The lowest BCUT2D eigenvalue weighted by Crippen LogP contribution is -2.39. The number of ether oxygens (including phenoxy) is 1. The molecule has 1 aromatic rings. The Labute approximate surface area is 120 Å². The third kappa shape index (κ3) is 5.09. The van der Waals surface area contributed by atoms with Crippen molar-refractivity contribution in [1.82, 2.24) is 5.32 Å². The van der Waals surface area contributed by atoms with Gasteiger partial charge in [-0.3, -0.25) is 4.79 Å². The van der Waals surface area contributed by atoms with Crippen LogP contribution < -0.4 is 15.8 Å². The summed E-state index contributed by atoms with van der Waals surface area (Å²) in [5.74, 6) is 1.44. The number of nitrogens with one attached hydrogen (secondary N) is 1. The van der Waals surface area contributed by atoms with Crippen LogP contribution in [0.2, 0.25) is 0 Å². The molecule has 1 unspecified atom stereocenters. The highest BCUT2D eigenvalue weighted by Crippen LogP contribution is 2.31. The van der Waals surface area contributed by atoms with E-state index in [1.807, 2.05) is 24.3 Å². The molecule has 5 heteroatoms. The summed E-state index contributed by atoms with van der Waals surface area (Å²) < 4.78 is 5.07. The quantitative estimate of drug-likeness (QED) is 0.832. The Morgan fingerprint density at radius 2 is 2.05 bits per heavy atom. The SMILES string of the molecule is COc1ccc(CC(=O)NCC(N)C2CC2)cc1.Cl. The summed E-state index contributed by atoms with van der Waals surface area (Å²) in [5.41, 5.74) is 6.91. The molecular formula is C14H21ClN2O2. The Morgan fingerprint density at radius 3 is 2.58 bits per heavy atom. The highest BCUT2D eigenvalue weighted by atomic mass is 35.5. The van der Waals surface area contributed by atoms with Crippen molar-refractivity contribution in [3.8, 4) is 5.75 Å². The van der Waals surface area contributed by atoms with Gasteiger partial charge in [-0.2, -0.15) is 0 Å². The minimum Gasteiger partial charge on any atom is -0.497 e. The number of methoxy groups -OCH3 is 1. The highest BCUT2D eigenvalue weighted by Gasteiger charge is 2.28. The van der Waals surface area contributed by atoms with Crippen molar-refractivity contribution in [2.45, 2.75) is 25.3 Å². The number of hydrogen-bond donors (Lipinski definition) is 2. The van der Waals surface area contributed by atoms with Gasteiger partial charge in [-0.05, 0) is 36.5 Å². The van der Waals surface area contributed by atoms with E-state index < -0.39 is 0 Å². The summed E-state index contributed by atoms with van der Waals surface area (Å²) in [6.45, 7) is 0.583. The van der Waals surface area contributed by atoms with Gasteiger partial charge in [0.25, 0.3) is 0 Å². The zero-order chi connectivity index (χ0) is 13.0. The fourth-order valence-electron chi connectivity index (χ4n) is 1.91. The summed E-state index contributed by atoms with van der Waals surface area (Å²) in [6.07, 6.45) is 2.80. The van der Waals surface area contributed by atoms with Crippen LogP contribution in [0, 0.1) is 5.92 Å². The molecule has 3 N–H and O–H groups in total. The number of carbonyl (C=O) groups is 1. The van der Waals surface area contributed by atoms with Crippen LogP contribution in [-0.4, -0.2) is 25.6 Å². The number of carbonyl (C=O) groups excluding carboxylic acids is 1. The second-order valence-electron chi connectivity index (χ2n) is 4.83. The fraction of sp³-hybridized carbons (Fsp3) is 0.500. The number of amides is 1. The van der Waals surface area contributed by atoms with E-state index in [2.05, 4.69) is 5.32 Å². The second kappa shape index (κ2) is 7.36. The van der Waals surface area contributed by atoms with E-state index in [0.717, 1.165) is 11.3 Å². The van der Waals surface area contributed by atoms with Crippen molar-refractivity contribution in [2.75, 3.05) is 13.7 Å². The minimum atomic E-state index is 0. The van der Waals surface area contributed by atoms with Crippen molar-refractivity contribution in [3.63, 3.8) is 0 Å². The smallest absolute Gasteiger partial charge is 0.224 e. The van der Waals surface area contributed by atoms with E-state index >= 15 is 0 Å². The van der Waals surface area contributed by atoms with E-state index in [0.29, 0.717) is 18.9 Å². The van der Waals surface area contributed by atoms with Gasteiger partial charge in [-0.25, -0.2) is 0 Å². The molecule has 1 aliphatic rings. The molecule has 1 aliphatic carbocycles. The number of nitrogens with two attached hydrogens (primary N) is 1. The van der Waals surface area contributed by atoms with Crippen LogP contribution in [-0.2, 0) is 11.2 Å². The van der Waals surface area contributed by atoms with Crippen LogP contribution in [0.25, 0.3) is 0 Å². The lowest BCUT2D eigenvalue weighted by molar-refractivity contribution is -0.120. The third-order valence-corrected chi connectivity index (χ3v) is 3.29. The maximum atomic E-state index is 11.7. The molecule has 106 valence electrons. The lowest BCUT2D eigenvalue weighted by Gasteiger charge is -2.11. The standard InChI is InChI=1S/C14H20N2O2.ClH/c1-18-12-6-2-10(3-7-12)8-14(17)16-9-13(15)11-4-5-11;/h2-3,6-7,11,13H,4-5,8-9,15H2,1H3,(H,16,17);1H. The zero-order valence-electron chi connectivity index (χ0n) is 11.1. The Kier molecular flexibility index (Phi) is 6.12. The van der Waals surface area contributed by atoms with Crippen molar-refractivity contribution in [1.29, 1.82) is 0 Å². The summed E-state index contributed by atoms with van der Waals surface area (Å²) in [4.78, 5) is 11.7. The molecule has 0 heterocycles. The van der Waals surface area contributed by atoms with E-state index in [4.69, 9.17) is 10.5 Å². The maximum Gasteiger partial charge on any atom is 0.224 e. The van der Waals surface area contributed by atoms with Gasteiger partial charge in [0, 0.05) is 12.6 Å². The van der Waals surface area contributed by atoms with Crippen LogP contribution in [0.5, 0.6) is 5.75 Å². The predicted octanol–water partition coefficient (Wildman–Crippen LogP) is 1.51. The van der Waals surface area contributed by atoms with Gasteiger partial charge in [-0.1, -0.05) is 12.1 Å². The molecule has 4 nitrogen and oxygen atoms in total. The Morgan fingerprint density at radius 1 is 1.42 bits per heavy atom. The molecule has 1 amide bonds. The van der Waals surface area contributed by atoms with Crippen LogP contribution in [0.1, 0.15) is 18.4 Å². The van der Waals surface area contributed by atoms with Gasteiger partial charge in [0.15, 0.2) is 0 Å². The summed E-state index contributed by atoms with van der Waals surface area (Å²) in [5, 5.41) is 2.89. The van der Waals surface area contributed by atoms with Gasteiger partial charge >= 0.3 is 0 Å². The maximum absolute atomic E-state index is 11.7. The summed E-state index contributed by atoms with van der Waals surface area (Å²) in [6, 6.07) is 7.64. The molecule has 0 aliphatic heterocycles. The molecule has 0 bridgehead atoms. The molecule has 1 atom stereocenters. The van der Waals surface area contributed by atoms with Crippen molar-refractivity contribution in [2.24, 2.45) is 11.7 Å². The summed E-state index contributed by atoms with van der Waals surface area (Å²) >= 11 is 0. The van der Waals surface area contributed by atoms with Crippen LogP contribution in [0.3, 0.4) is 0 Å². The Hall–Kier alpha value is -1.26. The molecule has 19 heavy (non-hydrogen) atoms. The van der Waals surface area contributed by atoms with Crippen molar-refractivity contribution in [3.05, 3.63) is 29.8 Å². The minimum absolute atomic E-state index is 0. The predicted molar refractivity (Wildman–Crippen MR) is 77.7 cm³/mol. The third-order valence-electron chi connectivity index (χ3n) is 3.29. The average Bonchev–Trinajstić information content (AvgIpc) is 3.21. The van der Waals surface area contributed by atoms with Gasteiger partial charge in [0.1, 0.15) is 5.75 Å². The molecule has 0 spiro atoms. The molecule has 0 aromatic heterocycles. The van der Waals surface area contributed by atoms with Crippen LogP contribution in [0.4, 0.5) is 0 Å². The van der Waals surface area contributed by atoms with Crippen LogP contribution >= 0.6 is 12.4 Å². The first-order chi connectivity index (χ1) is 8.69. The van der Waals surface area contributed by atoms with E-state index in [-0.39, 0.29) is 24.4 Å². The first-order valence-corrected chi connectivity index (χ1v) is 6.34. The number of hydrogen-bond acceptors (Lipinski definition) is 3. The largest absolute Gasteiger partial charge is 0.497 e. The summed E-state index contributed by atoms with van der Waals surface area (Å²) in [7, 11) is 1.63. The Balaban J connectivity index is 0.00000180. The molecule has 2 rings (SSSR count). The first kappa shape index (κ1) is 15.8. The molecule has 1 aromatic carbocycles. The zero-order valence-corrected chi connectivity index (χ0v) is 11.9. The van der Waals surface area contributed by atoms with Crippen molar-refractivity contribution < 1.29 is 9.53 Å². The molecular weight excluding hydrogens is 264 g/mol. The van der Waals surface area contributed by atoms with Gasteiger partial charge < -0.3 is 15.8 Å². The number of benzene rings is 1. The second-order valence-corrected chi connectivity index (χ2v) is 4.83. The highest BCUT2D eigenvalue weighted by molar-refractivity contribution is 5.85. The Bertz CT molecular complexity index is 404. The topological polar surface area (TPSA) is 64.3 Å². The molecule has 0 saturated heterocycles. The number of rotatable bonds is 6. The lowest BCUT2D eigenvalue weighted by atomic mass is 10.1. The fourth-order valence-corrected chi connectivity index (χ4v) is 1.91. The first-order valence-electron chi connectivity index (χ1n) is 6.34. The molecule has 1 fully saturated rings. The van der Waals surface area contributed by atoms with Crippen LogP contribution in [0.15, 0.2) is 24.3 Å². The monoisotopic (exact) mass is 284 g/mol. The molecule has 1 saturated carbocycles. The van der Waals surface area contributed by atoms with Gasteiger partial charge in [-0.15, -0.1) is 12.4 Å². The van der Waals surface area contributed by atoms with Crippen molar-refractivity contribution >= 4 is 18.3 Å². The van der Waals surface area contributed by atoms with Gasteiger partial charge in [0.2, 0.25) is 5.91 Å². The van der Waals surface area contributed by atoms with E-state index in [1.165, 1.54) is 12.8 Å². The number of halogens is 1. The van der Waals surface area contributed by atoms with E-state index in [1.54, 1.807) is 7.11 Å². The van der Waals surface area contributed by atoms with E-state index in [9.17, 15) is 4.79 Å². The molecule has 0 radical (unpaired) electrons. The normalized spacial score (nSPS) is 15.3.